The summed E-state index contributed by atoms with van der Waals surface area (Å²) in [6.07, 6.45) is 0. The van der Waals surface area contributed by atoms with Gasteiger partial charge in [-0.25, -0.2) is 0 Å². The van der Waals surface area contributed by atoms with Gasteiger partial charge in [0.1, 0.15) is 11.8 Å². The average molecular weight is 382 g/mol. The summed E-state index contributed by atoms with van der Waals surface area (Å²) in [4.78, 5) is 23.8. The summed E-state index contributed by atoms with van der Waals surface area (Å²) in [6, 6.07) is 13.0. The summed E-state index contributed by atoms with van der Waals surface area (Å²) in [5.74, 6) is -0.240. The van der Waals surface area contributed by atoms with Crippen molar-refractivity contribution in [2.45, 2.75) is 13.0 Å². The Morgan fingerprint density at radius 1 is 1.08 bits per heavy atom. The molecule has 0 unspecified atom stereocenters. The first-order chi connectivity index (χ1) is 12.0. The van der Waals surface area contributed by atoms with E-state index in [0.29, 0.717) is 21.5 Å². The second-order valence-corrected chi connectivity index (χ2v) is 5.95. The number of hydrogen-bond acceptors (Lipinski definition) is 4. The molecule has 132 valence electrons. The van der Waals surface area contributed by atoms with E-state index in [1.807, 2.05) is 6.07 Å². The van der Waals surface area contributed by atoms with Crippen molar-refractivity contribution in [1.29, 1.82) is 0 Å². The number of para-hydroxylation sites is 1. The summed E-state index contributed by atoms with van der Waals surface area (Å²) in [6.45, 7) is 1.38. The fourth-order valence-electron chi connectivity index (χ4n) is 1.83. The zero-order chi connectivity index (χ0) is 18.2. The molecule has 3 N–H and O–H groups in total. The molecule has 0 radical (unpaired) electrons. The lowest BCUT2D eigenvalue weighted by molar-refractivity contribution is -0.129. The molecule has 0 aliphatic heterocycles. The molecule has 1 atom stereocenters. The van der Waals surface area contributed by atoms with E-state index in [4.69, 9.17) is 27.9 Å². The normalized spacial score (nSPS) is 11.3. The zero-order valence-electron chi connectivity index (χ0n) is 13.4. The van der Waals surface area contributed by atoms with Crippen molar-refractivity contribution in [3.63, 3.8) is 0 Å². The van der Waals surface area contributed by atoms with Crippen LogP contribution in [0.5, 0.6) is 5.75 Å². The highest BCUT2D eigenvalue weighted by Crippen LogP contribution is 2.24. The quantitative estimate of drug-likeness (QED) is 0.644. The number of anilines is 1. The third kappa shape index (κ3) is 6.17. The summed E-state index contributed by atoms with van der Waals surface area (Å²) in [5, 5.41) is 3.32. The van der Waals surface area contributed by atoms with E-state index in [-0.39, 0.29) is 6.61 Å². The van der Waals surface area contributed by atoms with Gasteiger partial charge in [0.05, 0.1) is 15.7 Å². The Kier molecular flexibility index (Phi) is 6.91. The molecule has 0 aliphatic carbocycles. The summed E-state index contributed by atoms with van der Waals surface area (Å²) in [7, 11) is 0. The van der Waals surface area contributed by atoms with Crippen LogP contribution < -0.4 is 20.9 Å². The summed E-state index contributed by atoms with van der Waals surface area (Å²) >= 11 is 11.7. The number of hydrogen-bond donors (Lipinski definition) is 3. The van der Waals surface area contributed by atoms with Crippen LogP contribution in [0.1, 0.15) is 6.92 Å². The van der Waals surface area contributed by atoms with Crippen LogP contribution in [0.15, 0.2) is 48.5 Å². The number of hydrazine groups is 1. The van der Waals surface area contributed by atoms with Gasteiger partial charge in [0, 0.05) is 0 Å². The molecule has 0 saturated carbocycles. The minimum absolute atomic E-state index is 0.179. The van der Waals surface area contributed by atoms with Crippen LogP contribution in [0.2, 0.25) is 10.0 Å². The van der Waals surface area contributed by atoms with Crippen molar-refractivity contribution < 1.29 is 14.3 Å². The van der Waals surface area contributed by atoms with Gasteiger partial charge >= 0.3 is 0 Å². The molecule has 0 fully saturated rings. The molecule has 0 bridgehead atoms. The highest BCUT2D eigenvalue weighted by atomic mass is 35.5. The van der Waals surface area contributed by atoms with E-state index < -0.39 is 17.9 Å². The van der Waals surface area contributed by atoms with E-state index in [0.717, 1.165) is 0 Å². The standard InChI is InChI=1S/C17H17Cl2N3O3/c1-11(20-16(23)10-25-13-5-3-2-4-6-13)17(24)22-21-12-7-8-14(18)15(19)9-12/h2-9,11,21H,10H2,1H3,(H,20,23)(H,22,24)/t11-/m1/s1. The maximum Gasteiger partial charge on any atom is 0.260 e. The lowest BCUT2D eigenvalue weighted by Gasteiger charge is -2.15. The Morgan fingerprint density at radius 3 is 2.48 bits per heavy atom. The molecule has 0 aromatic heterocycles. The highest BCUT2D eigenvalue weighted by molar-refractivity contribution is 6.42. The molecule has 0 aliphatic rings. The van der Waals surface area contributed by atoms with Crippen LogP contribution in [0.25, 0.3) is 0 Å². The minimum Gasteiger partial charge on any atom is -0.484 e. The maximum atomic E-state index is 12.0. The molecular weight excluding hydrogens is 365 g/mol. The molecule has 0 saturated heterocycles. The highest BCUT2D eigenvalue weighted by Gasteiger charge is 2.15. The number of amides is 2. The van der Waals surface area contributed by atoms with Gasteiger partial charge in [-0.3, -0.25) is 20.4 Å². The molecule has 2 rings (SSSR count). The number of rotatable bonds is 7. The van der Waals surface area contributed by atoms with Gasteiger partial charge < -0.3 is 10.1 Å². The zero-order valence-corrected chi connectivity index (χ0v) is 14.9. The first-order valence-corrected chi connectivity index (χ1v) is 8.19. The topological polar surface area (TPSA) is 79.5 Å². The summed E-state index contributed by atoms with van der Waals surface area (Å²) < 4.78 is 5.32. The Hall–Kier alpha value is -2.44. The molecule has 0 heterocycles. The second-order valence-electron chi connectivity index (χ2n) is 5.13. The van der Waals surface area contributed by atoms with Crippen molar-refractivity contribution in [1.82, 2.24) is 10.7 Å². The van der Waals surface area contributed by atoms with Gasteiger partial charge in [-0.1, -0.05) is 41.4 Å². The van der Waals surface area contributed by atoms with Crippen LogP contribution in [-0.4, -0.2) is 24.5 Å². The van der Waals surface area contributed by atoms with Gasteiger partial charge in [0.25, 0.3) is 11.8 Å². The van der Waals surface area contributed by atoms with Gasteiger partial charge in [-0.2, -0.15) is 0 Å². The van der Waals surface area contributed by atoms with Crippen LogP contribution in [-0.2, 0) is 9.59 Å². The Morgan fingerprint density at radius 2 is 1.80 bits per heavy atom. The van der Waals surface area contributed by atoms with Crippen LogP contribution >= 0.6 is 23.2 Å². The largest absolute Gasteiger partial charge is 0.484 e. The van der Waals surface area contributed by atoms with Crippen LogP contribution in [0.4, 0.5) is 5.69 Å². The number of halogens is 2. The van der Waals surface area contributed by atoms with Crippen molar-refractivity contribution >= 4 is 40.7 Å². The molecule has 25 heavy (non-hydrogen) atoms. The second kappa shape index (κ2) is 9.15. The van der Waals surface area contributed by atoms with E-state index in [2.05, 4.69) is 16.2 Å². The Bertz CT molecular complexity index is 741. The molecule has 2 aromatic rings. The SMILES string of the molecule is C[C@@H](NC(=O)COc1ccccc1)C(=O)NNc1ccc(Cl)c(Cl)c1. The number of nitrogens with one attached hydrogen (secondary N) is 3. The van der Waals surface area contributed by atoms with E-state index in [1.165, 1.54) is 0 Å². The molecule has 2 amide bonds. The Balaban J connectivity index is 1.75. The van der Waals surface area contributed by atoms with E-state index in [1.54, 1.807) is 49.4 Å². The smallest absolute Gasteiger partial charge is 0.260 e. The fraction of sp³-hybridized carbons (Fsp3) is 0.176. The van der Waals surface area contributed by atoms with Gasteiger partial charge in [-0.15, -0.1) is 0 Å². The minimum atomic E-state index is -0.748. The predicted octanol–water partition coefficient (Wildman–Crippen LogP) is 3.02. The predicted molar refractivity (Wildman–Crippen MR) is 97.8 cm³/mol. The first kappa shape index (κ1) is 18.9. The van der Waals surface area contributed by atoms with E-state index >= 15 is 0 Å². The van der Waals surface area contributed by atoms with Crippen molar-refractivity contribution in [3.8, 4) is 5.75 Å². The molecule has 8 heteroatoms. The monoisotopic (exact) mass is 381 g/mol. The van der Waals surface area contributed by atoms with Gasteiger partial charge in [0.15, 0.2) is 6.61 Å². The van der Waals surface area contributed by atoms with Gasteiger partial charge in [-0.05, 0) is 37.3 Å². The first-order valence-electron chi connectivity index (χ1n) is 7.44. The Labute approximate surface area is 155 Å². The lowest BCUT2D eigenvalue weighted by atomic mass is 10.3. The number of carbonyl (C=O) groups is 2. The molecular formula is C17H17Cl2N3O3. The van der Waals surface area contributed by atoms with Crippen molar-refractivity contribution in [2.24, 2.45) is 0 Å². The van der Waals surface area contributed by atoms with E-state index in [9.17, 15) is 9.59 Å². The van der Waals surface area contributed by atoms with Crippen molar-refractivity contribution in [2.75, 3.05) is 12.0 Å². The molecule has 2 aromatic carbocycles. The molecule has 6 nitrogen and oxygen atoms in total. The number of ether oxygens (including phenoxy) is 1. The van der Waals surface area contributed by atoms with Crippen LogP contribution in [0.3, 0.4) is 0 Å². The fourth-order valence-corrected chi connectivity index (χ4v) is 2.13. The van der Waals surface area contributed by atoms with Crippen LogP contribution in [0, 0.1) is 0 Å². The number of carbonyl (C=O) groups excluding carboxylic acids is 2. The lowest BCUT2D eigenvalue weighted by Crippen LogP contribution is -2.47. The average Bonchev–Trinajstić information content (AvgIpc) is 2.61. The van der Waals surface area contributed by atoms with Gasteiger partial charge in [0.2, 0.25) is 0 Å². The summed E-state index contributed by atoms with van der Waals surface area (Å²) in [5.41, 5.74) is 5.74. The third-order valence-electron chi connectivity index (χ3n) is 3.13. The number of benzene rings is 2. The molecule has 0 spiro atoms. The maximum absolute atomic E-state index is 12.0. The third-order valence-corrected chi connectivity index (χ3v) is 3.87. The van der Waals surface area contributed by atoms with Crippen molar-refractivity contribution in [3.05, 3.63) is 58.6 Å².